The van der Waals surface area contributed by atoms with Crippen molar-refractivity contribution in [2.75, 3.05) is 0 Å². The standard InChI is InChI=1S/C9H10N2O/c1-8-9(4-2-6-10)5-3-7-11(8)12/h3,5,7H,2,4H2,1H3. The molecule has 0 amide bonds. The predicted molar refractivity (Wildman–Crippen MR) is 44.1 cm³/mol. The molecule has 0 aliphatic heterocycles. The van der Waals surface area contributed by atoms with Gasteiger partial charge in [0.05, 0.1) is 6.07 Å². The lowest BCUT2D eigenvalue weighted by Gasteiger charge is -2.03. The minimum atomic E-state index is 0.463. The zero-order valence-electron chi connectivity index (χ0n) is 6.95. The lowest BCUT2D eigenvalue weighted by molar-refractivity contribution is -0.612. The van der Waals surface area contributed by atoms with Gasteiger partial charge in [0.1, 0.15) is 0 Å². The Hall–Kier alpha value is -1.56. The molecule has 3 heteroatoms. The van der Waals surface area contributed by atoms with Crippen LogP contribution >= 0.6 is 0 Å². The fourth-order valence-electron chi connectivity index (χ4n) is 1.07. The maximum atomic E-state index is 11.0. The van der Waals surface area contributed by atoms with Gasteiger partial charge in [0.25, 0.3) is 0 Å². The van der Waals surface area contributed by atoms with Gasteiger partial charge in [-0.1, -0.05) is 0 Å². The fraction of sp³-hybridized carbons (Fsp3) is 0.333. The average molecular weight is 162 g/mol. The van der Waals surface area contributed by atoms with Crippen LogP contribution in [0.1, 0.15) is 17.7 Å². The van der Waals surface area contributed by atoms with E-state index in [4.69, 9.17) is 5.26 Å². The van der Waals surface area contributed by atoms with E-state index in [9.17, 15) is 5.21 Å². The normalized spacial score (nSPS) is 9.33. The fourth-order valence-corrected chi connectivity index (χ4v) is 1.07. The minimum absolute atomic E-state index is 0.463. The van der Waals surface area contributed by atoms with E-state index in [1.807, 2.05) is 6.07 Å². The first-order valence-electron chi connectivity index (χ1n) is 3.80. The van der Waals surface area contributed by atoms with Crippen LogP contribution in [0.2, 0.25) is 0 Å². The van der Waals surface area contributed by atoms with E-state index < -0.39 is 0 Å². The van der Waals surface area contributed by atoms with Gasteiger partial charge < -0.3 is 5.21 Å². The Bertz CT molecular complexity index is 315. The van der Waals surface area contributed by atoms with Gasteiger partial charge in [-0.3, -0.25) is 0 Å². The van der Waals surface area contributed by atoms with Crippen LogP contribution in [-0.4, -0.2) is 0 Å². The summed E-state index contributed by atoms with van der Waals surface area (Å²) in [5.41, 5.74) is 1.64. The second-order valence-electron chi connectivity index (χ2n) is 2.60. The molecule has 1 aromatic heterocycles. The van der Waals surface area contributed by atoms with E-state index in [2.05, 4.69) is 6.07 Å². The molecular weight excluding hydrogens is 152 g/mol. The van der Waals surface area contributed by atoms with Crippen LogP contribution in [0.15, 0.2) is 18.3 Å². The van der Waals surface area contributed by atoms with Crippen molar-refractivity contribution in [2.24, 2.45) is 0 Å². The van der Waals surface area contributed by atoms with Gasteiger partial charge in [0.2, 0.25) is 0 Å². The lowest BCUT2D eigenvalue weighted by atomic mass is 10.1. The molecule has 1 heterocycles. The predicted octanol–water partition coefficient (Wildman–Crippen LogP) is 1.08. The number of aryl methyl sites for hydroxylation is 1. The van der Waals surface area contributed by atoms with Crippen molar-refractivity contribution in [1.29, 1.82) is 5.26 Å². The van der Waals surface area contributed by atoms with Crippen LogP contribution in [0.25, 0.3) is 0 Å². The highest BCUT2D eigenvalue weighted by molar-refractivity contribution is 5.15. The Balaban J connectivity index is 2.86. The molecular formula is C9H10N2O. The minimum Gasteiger partial charge on any atom is -0.619 e. The maximum Gasteiger partial charge on any atom is 0.192 e. The van der Waals surface area contributed by atoms with Crippen molar-refractivity contribution in [2.45, 2.75) is 19.8 Å². The van der Waals surface area contributed by atoms with Gasteiger partial charge in [-0.15, -0.1) is 0 Å². The second-order valence-corrected chi connectivity index (χ2v) is 2.60. The van der Waals surface area contributed by atoms with E-state index in [0.29, 0.717) is 18.5 Å². The van der Waals surface area contributed by atoms with Gasteiger partial charge in [-0.05, 0) is 12.5 Å². The molecule has 1 aromatic rings. The highest BCUT2D eigenvalue weighted by Crippen LogP contribution is 2.04. The van der Waals surface area contributed by atoms with Gasteiger partial charge in [-0.25, -0.2) is 0 Å². The topological polar surface area (TPSA) is 50.7 Å². The summed E-state index contributed by atoms with van der Waals surface area (Å²) in [6, 6.07) is 5.63. The van der Waals surface area contributed by atoms with Gasteiger partial charge in [0.15, 0.2) is 11.9 Å². The number of aromatic nitrogens is 1. The third kappa shape index (κ3) is 1.73. The van der Waals surface area contributed by atoms with Crippen LogP contribution in [0.5, 0.6) is 0 Å². The Morgan fingerprint density at radius 3 is 3.08 bits per heavy atom. The molecule has 1 rings (SSSR count). The van der Waals surface area contributed by atoms with Crippen molar-refractivity contribution >= 4 is 0 Å². The highest BCUT2D eigenvalue weighted by Gasteiger charge is 2.04. The Labute approximate surface area is 71.5 Å². The summed E-state index contributed by atoms with van der Waals surface area (Å²) in [6.45, 7) is 1.76. The number of pyridine rings is 1. The summed E-state index contributed by atoms with van der Waals surface area (Å²) in [4.78, 5) is 0. The highest BCUT2D eigenvalue weighted by atomic mass is 16.5. The van der Waals surface area contributed by atoms with Crippen molar-refractivity contribution < 1.29 is 4.73 Å². The first-order chi connectivity index (χ1) is 5.75. The van der Waals surface area contributed by atoms with Crippen molar-refractivity contribution in [3.05, 3.63) is 34.8 Å². The monoisotopic (exact) mass is 162 g/mol. The summed E-state index contributed by atoms with van der Waals surface area (Å²) >= 11 is 0. The molecule has 3 nitrogen and oxygen atoms in total. The number of nitriles is 1. The molecule has 12 heavy (non-hydrogen) atoms. The second kappa shape index (κ2) is 3.72. The first kappa shape index (κ1) is 8.54. The van der Waals surface area contributed by atoms with Crippen molar-refractivity contribution in [3.63, 3.8) is 0 Å². The van der Waals surface area contributed by atoms with Gasteiger partial charge >= 0.3 is 0 Å². The Morgan fingerprint density at radius 2 is 2.42 bits per heavy atom. The number of hydrogen-bond donors (Lipinski definition) is 0. The molecule has 0 aliphatic carbocycles. The van der Waals surface area contributed by atoms with Crippen molar-refractivity contribution in [1.82, 2.24) is 0 Å². The smallest absolute Gasteiger partial charge is 0.192 e. The molecule has 0 bridgehead atoms. The van der Waals surface area contributed by atoms with Crippen LogP contribution in [0.3, 0.4) is 0 Å². The number of nitrogens with zero attached hydrogens (tertiary/aromatic N) is 2. The van der Waals surface area contributed by atoms with E-state index >= 15 is 0 Å². The van der Waals surface area contributed by atoms with Gasteiger partial charge in [0, 0.05) is 25.0 Å². The maximum absolute atomic E-state index is 11.0. The van der Waals surface area contributed by atoms with Crippen molar-refractivity contribution in [3.8, 4) is 6.07 Å². The molecule has 0 spiro atoms. The zero-order chi connectivity index (χ0) is 8.97. The molecule has 0 saturated heterocycles. The third-order valence-electron chi connectivity index (χ3n) is 1.82. The van der Waals surface area contributed by atoms with E-state index in [1.165, 1.54) is 6.20 Å². The van der Waals surface area contributed by atoms with Crippen LogP contribution in [0, 0.1) is 23.5 Å². The summed E-state index contributed by atoms with van der Waals surface area (Å²) in [5, 5.41) is 19.4. The molecule has 0 aliphatic rings. The van der Waals surface area contributed by atoms with Crippen LogP contribution in [-0.2, 0) is 6.42 Å². The Kier molecular flexibility index (Phi) is 2.65. The molecule has 0 radical (unpaired) electrons. The summed E-state index contributed by atoms with van der Waals surface area (Å²) in [5.74, 6) is 0. The summed E-state index contributed by atoms with van der Waals surface area (Å²) in [7, 11) is 0. The molecule has 62 valence electrons. The molecule has 0 unspecified atom stereocenters. The largest absolute Gasteiger partial charge is 0.619 e. The molecule has 0 atom stereocenters. The summed E-state index contributed by atoms with van der Waals surface area (Å²) in [6.07, 6.45) is 2.58. The molecule has 0 saturated carbocycles. The first-order valence-corrected chi connectivity index (χ1v) is 3.80. The number of rotatable bonds is 2. The molecule has 0 N–H and O–H groups in total. The van der Waals surface area contributed by atoms with E-state index in [1.54, 1.807) is 13.0 Å². The quantitative estimate of drug-likeness (QED) is 0.482. The molecule has 0 fully saturated rings. The zero-order valence-corrected chi connectivity index (χ0v) is 6.95. The average Bonchev–Trinajstić information content (AvgIpc) is 2.08. The van der Waals surface area contributed by atoms with E-state index in [0.717, 1.165) is 10.3 Å². The van der Waals surface area contributed by atoms with Gasteiger partial charge in [-0.2, -0.15) is 9.99 Å². The van der Waals surface area contributed by atoms with E-state index in [-0.39, 0.29) is 0 Å². The number of hydrogen-bond acceptors (Lipinski definition) is 2. The van der Waals surface area contributed by atoms with Crippen LogP contribution in [0.4, 0.5) is 0 Å². The SMILES string of the molecule is Cc1c(CCC#N)ccc[n+]1[O-]. The van der Waals surface area contributed by atoms with Crippen LogP contribution < -0.4 is 4.73 Å². The molecule has 0 aromatic carbocycles. The Morgan fingerprint density at radius 1 is 1.67 bits per heavy atom. The third-order valence-corrected chi connectivity index (χ3v) is 1.82. The lowest BCUT2D eigenvalue weighted by Crippen LogP contribution is -2.30. The summed E-state index contributed by atoms with van der Waals surface area (Å²) < 4.78 is 0.826.